The van der Waals surface area contributed by atoms with Crippen molar-refractivity contribution in [3.05, 3.63) is 35.6 Å². The predicted molar refractivity (Wildman–Crippen MR) is 72.6 cm³/mol. The lowest BCUT2D eigenvalue weighted by atomic mass is 10.2. The number of carbonyl (C=O) groups excluding carboxylic acids is 2. The minimum absolute atomic E-state index is 0.106. The largest absolute Gasteiger partial charge is 0.369 e. The summed E-state index contributed by atoms with van der Waals surface area (Å²) in [4.78, 5) is 26.9. The number of primary amides is 1. The monoisotopic (exact) mass is 279 g/mol. The van der Waals surface area contributed by atoms with Crippen molar-refractivity contribution in [2.75, 3.05) is 32.7 Å². The molecule has 1 fully saturated rings. The van der Waals surface area contributed by atoms with E-state index in [2.05, 4.69) is 0 Å². The molecule has 0 spiro atoms. The van der Waals surface area contributed by atoms with Gasteiger partial charge in [0.25, 0.3) is 5.91 Å². The van der Waals surface area contributed by atoms with Crippen LogP contribution in [0.4, 0.5) is 4.39 Å². The lowest BCUT2D eigenvalue weighted by molar-refractivity contribution is -0.119. The van der Waals surface area contributed by atoms with Gasteiger partial charge in [0.05, 0.1) is 6.54 Å². The number of rotatable bonds is 3. The van der Waals surface area contributed by atoms with Gasteiger partial charge in [-0.15, -0.1) is 0 Å². The summed E-state index contributed by atoms with van der Waals surface area (Å²) in [6.07, 6.45) is 0.792. The molecular formula is C14H18FN3O2. The normalized spacial score (nSPS) is 16.8. The van der Waals surface area contributed by atoms with Gasteiger partial charge < -0.3 is 10.6 Å². The van der Waals surface area contributed by atoms with E-state index in [1.807, 2.05) is 4.90 Å². The molecule has 0 aromatic heterocycles. The molecule has 2 rings (SSSR count). The fourth-order valence-corrected chi connectivity index (χ4v) is 2.33. The van der Waals surface area contributed by atoms with E-state index in [0.717, 1.165) is 13.0 Å². The van der Waals surface area contributed by atoms with Crippen LogP contribution in [-0.2, 0) is 4.79 Å². The Morgan fingerprint density at radius 2 is 1.80 bits per heavy atom. The van der Waals surface area contributed by atoms with E-state index in [0.29, 0.717) is 25.2 Å². The van der Waals surface area contributed by atoms with E-state index in [9.17, 15) is 14.0 Å². The molecule has 0 atom stereocenters. The number of halogens is 1. The Bertz CT molecular complexity index is 490. The van der Waals surface area contributed by atoms with Gasteiger partial charge in [-0.3, -0.25) is 14.5 Å². The van der Waals surface area contributed by atoms with Crippen LogP contribution in [0.1, 0.15) is 16.8 Å². The molecule has 0 aliphatic carbocycles. The SMILES string of the molecule is NC(=O)CN1CCCN(C(=O)c2ccc(F)cc2)CC1. The van der Waals surface area contributed by atoms with E-state index in [1.165, 1.54) is 24.3 Å². The van der Waals surface area contributed by atoms with Gasteiger partial charge >= 0.3 is 0 Å². The molecule has 20 heavy (non-hydrogen) atoms. The molecule has 5 nitrogen and oxygen atoms in total. The average Bonchev–Trinajstić information content (AvgIpc) is 2.64. The van der Waals surface area contributed by atoms with Crippen molar-refractivity contribution in [1.82, 2.24) is 9.80 Å². The van der Waals surface area contributed by atoms with Gasteiger partial charge in [-0.05, 0) is 30.7 Å². The van der Waals surface area contributed by atoms with Crippen molar-refractivity contribution in [2.45, 2.75) is 6.42 Å². The second-order valence-electron chi connectivity index (χ2n) is 4.90. The number of nitrogens with zero attached hydrogens (tertiary/aromatic N) is 2. The van der Waals surface area contributed by atoms with Gasteiger partial charge in [0.2, 0.25) is 5.91 Å². The van der Waals surface area contributed by atoms with Crippen LogP contribution < -0.4 is 5.73 Å². The highest BCUT2D eigenvalue weighted by molar-refractivity contribution is 5.94. The summed E-state index contributed by atoms with van der Waals surface area (Å²) < 4.78 is 12.9. The van der Waals surface area contributed by atoms with Gasteiger partial charge in [0.15, 0.2) is 0 Å². The number of hydrogen-bond acceptors (Lipinski definition) is 3. The summed E-state index contributed by atoms with van der Waals surface area (Å²) in [5, 5.41) is 0. The average molecular weight is 279 g/mol. The molecule has 0 radical (unpaired) electrons. The first kappa shape index (κ1) is 14.5. The number of carbonyl (C=O) groups is 2. The van der Waals surface area contributed by atoms with Crippen LogP contribution in [0, 0.1) is 5.82 Å². The summed E-state index contributed by atoms with van der Waals surface area (Å²) in [5.41, 5.74) is 5.66. The van der Waals surface area contributed by atoms with Gasteiger partial charge in [-0.25, -0.2) is 4.39 Å². The summed E-state index contributed by atoms with van der Waals surface area (Å²) in [6, 6.07) is 5.54. The smallest absolute Gasteiger partial charge is 0.253 e. The maximum Gasteiger partial charge on any atom is 0.253 e. The fourth-order valence-electron chi connectivity index (χ4n) is 2.33. The van der Waals surface area contributed by atoms with Crippen LogP contribution in [0.3, 0.4) is 0 Å². The Morgan fingerprint density at radius 3 is 2.45 bits per heavy atom. The third-order valence-electron chi connectivity index (χ3n) is 3.35. The highest BCUT2D eigenvalue weighted by Gasteiger charge is 2.20. The quantitative estimate of drug-likeness (QED) is 0.874. The van der Waals surface area contributed by atoms with Crippen molar-refractivity contribution in [2.24, 2.45) is 5.73 Å². The Morgan fingerprint density at radius 1 is 1.10 bits per heavy atom. The van der Waals surface area contributed by atoms with Crippen LogP contribution in [0.15, 0.2) is 24.3 Å². The summed E-state index contributed by atoms with van der Waals surface area (Å²) in [6.45, 7) is 2.76. The highest BCUT2D eigenvalue weighted by atomic mass is 19.1. The molecule has 0 unspecified atom stereocenters. The topological polar surface area (TPSA) is 66.6 Å². The summed E-state index contributed by atoms with van der Waals surface area (Å²) in [5.74, 6) is -0.820. The standard InChI is InChI=1S/C14H18FN3O2/c15-12-4-2-11(3-5-12)14(20)18-7-1-6-17(8-9-18)10-13(16)19/h2-5H,1,6-10H2,(H2,16,19). The molecular weight excluding hydrogens is 261 g/mol. The number of nitrogens with two attached hydrogens (primary N) is 1. The summed E-state index contributed by atoms with van der Waals surface area (Å²) >= 11 is 0. The molecule has 2 amide bonds. The number of hydrogen-bond donors (Lipinski definition) is 1. The molecule has 108 valence electrons. The minimum atomic E-state index is -0.358. The number of benzene rings is 1. The number of amides is 2. The molecule has 1 aliphatic rings. The van der Waals surface area contributed by atoms with Gasteiger partial charge in [-0.2, -0.15) is 0 Å². The minimum Gasteiger partial charge on any atom is -0.369 e. The molecule has 0 saturated carbocycles. The zero-order chi connectivity index (χ0) is 14.5. The van der Waals surface area contributed by atoms with E-state index in [1.54, 1.807) is 4.90 Å². The Kier molecular flexibility index (Phi) is 4.68. The third kappa shape index (κ3) is 3.77. The van der Waals surface area contributed by atoms with Crippen molar-refractivity contribution in [3.63, 3.8) is 0 Å². The lowest BCUT2D eigenvalue weighted by Crippen LogP contribution is -2.38. The predicted octanol–water partition coefficient (Wildman–Crippen LogP) is 0.459. The second-order valence-corrected chi connectivity index (χ2v) is 4.90. The van der Waals surface area contributed by atoms with Crippen molar-refractivity contribution < 1.29 is 14.0 Å². The van der Waals surface area contributed by atoms with Crippen molar-refractivity contribution >= 4 is 11.8 Å². The molecule has 1 saturated heterocycles. The van der Waals surface area contributed by atoms with Crippen LogP contribution in [-0.4, -0.2) is 54.3 Å². The maximum absolute atomic E-state index is 12.9. The van der Waals surface area contributed by atoms with Gasteiger partial charge in [-0.1, -0.05) is 0 Å². The Balaban J connectivity index is 1.97. The van der Waals surface area contributed by atoms with E-state index >= 15 is 0 Å². The first-order valence-corrected chi connectivity index (χ1v) is 6.62. The van der Waals surface area contributed by atoms with Crippen LogP contribution in [0.5, 0.6) is 0 Å². The molecule has 6 heteroatoms. The molecule has 1 aromatic rings. The molecule has 1 heterocycles. The van der Waals surface area contributed by atoms with E-state index in [4.69, 9.17) is 5.73 Å². The molecule has 2 N–H and O–H groups in total. The molecule has 1 aromatic carbocycles. The first-order chi connectivity index (χ1) is 9.56. The molecule has 0 bridgehead atoms. The zero-order valence-electron chi connectivity index (χ0n) is 11.2. The van der Waals surface area contributed by atoms with E-state index < -0.39 is 0 Å². The van der Waals surface area contributed by atoms with Gasteiger partial charge in [0, 0.05) is 31.7 Å². The zero-order valence-corrected chi connectivity index (χ0v) is 11.2. The van der Waals surface area contributed by atoms with Crippen molar-refractivity contribution in [3.8, 4) is 0 Å². The summed E-state index contributed by atoms with van der Waals surface area (Å²) in [7, 11) is 0. The van der Waals surface area contributed by atoms with Crippen LogP contribution in [0.25, 0.3) is 0 Å². The maximum atomic E-state index is 12.9. The van der Waals surface area contributed by atoms with Gasteiger partial charge in [0.1, 0.15) is 5.82 Å². The fraction of sp³-hybridized carbons (Fsp3) is 0.429. The van der Waals surface area contributed by atoms with E-state index in [-0.39, 0.29) is 24.2 Å². The Labute approximate surface area is 117 Å². The lowest BCUT2D eigenvalue weighted by Gasteiger charge is -2.21. The third-order valence-corrected chi connectivity index (χ3v) is 3.35. The van der Waals surface area contributed by atoms with Crippen LogP contribution in [0.2, 0.25) is 0 Å². The second kappa shape index (κ2) is 6.47. The molecule has 1 aliphatic heterocycles. The Hall–Kier alpha value is -1.95. The van der Waals surface area contributed by atoms with Crippen molar-refractivity contribution in [1.29, 1.82) is 0 Å². The van der Waals surface area contributed by atoms with Crippen LogP contribution >= 0.6 is 0 Å². The highest BCUT2D eigenvalue weighted by Crippen LogP contribution is 2.10. The first-order valence-electron chi connectivity index (χ1n) is 6.62.